The van der Waals surface area contributed by atoms with Gasteiger partial charge in [0.15, 0.2) is 0 Å². The van der Waals surface area contributed by atoms with Gasteiger partial charge in [0.2, 0.25) is 0 Å². The number of fused-ring (bicyclic) bond motifs is 1. The van der Waals surface area contributed by atoms with Crippen molar-refractivity contribution in [3.05, 3.63) is 41.0 Å². The fourth-order valence-electron chi connectivity index (χ4n) is 2.62. The summed E-state index contributed by atoms with van der Waals surface area (Å²) in [6.07, 6.45) is 0. The van der Waals surface area contributed by atoms with Crippen LogP contribution in [-0.2, 0) is 9.53 Å². The summed E-state index contributed by atoms with van der Waals surface area (Å²) >= 11 is 3.04. The summed E-state index contributed by atoms with van der Waals surface area (Å²) < 4.78 is 4.50. The number of benzene rings is 1. The lowest BCUT2D eigenvalue weighted by Gasteiger charge is -2.21. The molecular formula is C20H22N2O2S2. The van der Waals surface area contributed by atoms with Crippen LogP contribution in [0.5, 0.6) is 0 Å². The van der Waals surface area contributed by atoms with Gasteiger partial charge >= 0.3 is 5.97 Å². The van der Waals surface area contributed by atoms with Gasteiger partial charge in [-0.3, -0.25) is 4.79 Å². The number of aryl methyl sites for hydroxylation is 2. The first kappa shape index (κ1) is 18.9. The number of hydrogen-bond donors (Lipinski definition) is 0. The van der Waals surface area contributed by atoms with E-state index in [1.54, 1.807) is 11.3 Å². The molecule has 1 aromatic carbocycles. The smallest absolute Gasteiger partial charge is 0.322 e. The number of carbonyl (C=O) groups excluding carboxylic acids is 1. The minimum atomic E-state index is -0.726. The van der Waals surface area contributed by atoms with Gasteiger partial charge in [-0.25, -0.2) is 9.97 Å². The highest BCUT2D eigenvalue weighted by molar-refractivity contribution is 8.01. The first-order valence-corrected chi connectivity index (χ1v) is 10.2. The van der Waals surface area contributed by atoms with Crippen molar-refractivity contribution < 1.29 is 9.53 Å². The van der Waals surface area contributed by atoms with E-state index in [9.17, 15) is 4.79 Å². The Morgan fingerprint density at radius 1 is 1.19 bits per heavy atom. The van der Waals surface area contributed by atoms with E-state index in [0.717, 1.165) is 26.4 Å². The molecule has 2 aromatic heterocycles. The minimum absolute atomic E-state index is 0.235. The summed E-state index contributed by atoms with van der Waals surface area (Å²) in [5.74, 6) is 0.471. The van der Waals surface area contributed by atoms with Crippen molar-refractivity contribution >= 4 is 39.3 Å². The largest absolute Gasteiger partial charge is 0.465 e. The maximum absolute atomic E-state index is 12.3. The fourth-order valence-corrected chi connectivity index (χ4v) is 4.79. The van der Waals surface area contributed by atoms with Crippen LogP contribution in [0.4, 0.5) is 0 Å². The van der Waals surface area contributed by atoms with E-state index in [4.69, 9.17) is 4.74 Å². The second-order valence-corrected chi connectivity index (χ2v) is 9.07. The second-order valence-electron chi connectivity index (χ2n) is 6.60. The molecular weight excluding hydrogens is 364 g/mol. The third kappa shape index (κ3) is 3.76. The van der Waals surface area contributed by atoms with Crippen molar-refractivity contribution in [3.8, 4) is 11.1 Å². The first-order valence-electron chi connectivity index (χ1n) is 8.51. The molecule has 0 bridgehead atoms. The van der Waals surface area contributed by atoms with Crippen LogP contribution in [0.3, 0.4) is 0 Å². The lowest BCUT2D eigenvalue weighted by molar-refractivity contribution is -0.145. The van der Waals surface area contributed by atoms with Gasteiger partial charge in [0.25, 0.3) is 0 Å². The minimum Gasteiger partial charge on any atom is -0.465 e. The number of ether oxygens (including phenoxy) is 1. The molecule has 3 rings (SSSR count). The number of carbonyl (C=O) groups is 1. The second kappa shape index (κ2) is 7.37. The van der Waals surface area contributed by atoms with Crippen molar-refractivity contribution in [2.75, 3.05) is 6.61 Å². The third-order valence-corrected chi connectivity index (χ3v) is 6.03. The molecule has 6 heteroatoms. The summed E-state index contributed by atoms with van der Waals surface area (Å²) in [7, 11) is 0. The van der Waals surface area contributed by atoms with E-state index in [2.05, 4.69) is 46.5 Å². The third-order valence-electron chi connectivity index (χ3n) is 3.99. The summed E-state index contributed by atoms with van der Waals surface area (Å²) in [4.78, 5) is 22.5. The number of aromatic nitrogens is 2. The topological polar surface area (TPSA) is 52.1 Å². The average Bonchev–Trinajstić information content (AvgIpc) is 2.99. The van der Waals surface area contributed by atoms with Gasteiger partial charge in [-0.1, -0.05) is 41.6 Å². The quantitative estimate of drug-likeness (QED) is 0.333. The molecule has 2 heterocycles. The fraction of sp³-hybridized carbons (Fsp3) is 0.350. The molecule has 0 saturated carbocycles. The highest BCUT2D eigenvalue weighted by Crippen LogP contribution is 2.42. The zero-order valence-electron chi connectivity index (χ0n) is 15.6. The van der Waals surface area contributed by atoms with Crippen LogP contribution in [0.1, 0.15) is 32.2 Å². The van der Waals surface area contributed by atoms with Gasteiger partial charge < -0.3 is 4.74 Å². The highest BCUT2D eigenvalue weighted by Gasteiger charge is 2.32. The Bertz CT molecular complexity index is 946. The van der Waals surface area contributed by atoms with E-state index in [0.29, 0.717) is 12.4 Å². The van der Waals surface area contributed by atoms with Gasteiger partial charge in [0, 0.05) is 10.9 Å². The van der Waals surface area contributed by atoms with Gasteiger partial charge in [-0.05, 0) is 40.2 Å². The van der Waals surface area contributed by atoms with Crippen molar-refractivity contribution in [1.82, 2.24) is 9.97 Å². The van der Waals surface area contributed by atoms with Gasteiger partial charge in [0.1, 0.15) is 20.4 Å². The van der Waals surface area contributed by atoms with Crippen LogP contribution in [-0.4, -0.2) is 27.3 Å². The van der Waals surface area contributed by atoms with Gasteiger partial charge in [-0.2, -0.15) is 0 Å². The molecule has 0 unspecified atom stereocenters. The van der Waals surface area contributed by atoms with Crippen molar-refractivity contribution in [2.24, 2.45) is 0 Å². The van der Waals surface area contributed by atoms with Crippen molar-refractivity contribution in [1.29, 1.82) is 0 Å². The Hall–Kier alpha value is -1.92. The Morgan fingerprint density at radius 3 is 2.54 bits per heavy atom. The average molecular weight is 387 g/mol. The molecule has 0 N–H and O–H groups in total. The number of nitrogens with zero attached hydrogens (tertiary/aromatic N) is 2. The number of hydrogen-bond acceptors (Lipinski definition) is 6. The molecule has 0 radical (unpaired) electrons. The number of thiophene rings is 1. The van der Waals surface area contributed by atoms with E-state index >= 15 is 0 Å². The molecule has 4 nitrogen and oxygen atoms in total. The van der Waals surface area contributed by atoms with Gasteiger partial charge in [-0.15, -0.1) is 11.3 Å². The molecule has 0 amide bonds. The van der Waals surface area contributed by atoms with Crippen molar-refractivity contribution in [3.63, 3.8) is 0 Å². The highest BCUT2D eigenvalue weighted by atomic mass is 32.2. The standard InChI is InChI=1S/C20H22N2O2S2/c1-6-24-19(23)20(4,5)26-18-16-15(14-9-7-12(2)8-10-14)11-25-17(16)21-13(3)22-18/h7-11H,6H2,1-5H3. The van der Waals surface area contributed by atoms with Crippen molar-refractivity contribution in [2.45, 2.75) is 44.4 Å². The Balaban J connectivity index is 2.11. The van der Waals surface area contributed by atoms with Crippen LogP contribution < -0.4 is 0 Å². The summed E-state index contributed by atoms with van der Waals surface area (Å²) in [6.45, 7) is 9.89. The molecule has 26 heavy (non-hydrogen) atoms. The molecule has 0 spiro atoms. The number of rotatable bonds is 5. The first-order chi connectivity index (χ1) is 12.3. The molecule has 3 aromatic rings. The molecule has 0 atom stereocenters. The molecule has 136 valence electrons. The van der Waals surface area contributed by atoms with E-state index in [1.165, 1.54) is 17.3 Å². The zero-order valence-corrected chi connectivity index (χ0v) is 17.3. The van der Waals surface area contributed by atoms with E-state index in [-0.39, 0.29) is 5.97 Å². The summed E-state index contributed by atoms with van der Waals surface area (Å²) in [6, 6.07) is 8.43. The SMILES string of the molecule is CCOC(=O)C(C)(C)Sc1nc(C)nc2scc(-c3ccc(C)cc3)c12. The van der Waals surface area contributed by atoms with Crippen LogP contribution in [0, 0.1) is 13.8 Å². The zero-order chi connectivity index (χ0) is 18.9. The monoisotopic (exact) mass is 386 g/mol. The Kier molecular flexibility index (Phi) is 5.34. The summed E-state index contributed by atoms with van der Waals surface area (Å²) in [5.41, 5.74) is 3.45. The maximum Gasteiger partial charge on any atom is 0.322 e. The summed E-state index contributed by atoms with van der Waals surface area (Å²) in [5, 5.41) is 3.94. The predicted molar refractivity (Wildman–Crippen MR) is 109 cm³/mol. The Labute approximate surface area is 162 Å². The molecule has 0 aliphatic heterocycles. The van der Waals surface area contributed by atoms with E-state index < -0.39 is 4.75 Å². The molecule has 0 saturated heterocycles. The molecule has 0 fully saturated rings. The number of esters is 1. The van der Waals surface area contributed by atoms with Crippen LogP contribution in [0.25, 0.3) is 21.3 Å². The van der Waals surface area contributed by atoms with E-state index in [1.807, 2.05) is 27.7 Å². The molecule has 0 aliphatic carbocycles. The molecule has 0 aliphatic rings. The van der Waals surface area contributed by atoms with Crippen LogP contribution >= 0.6 is 23.1 Å². The van der Waals surface area contributed by atoms with Crippen LogP contribution in [0.2, 0.25) is 0 Å². The lowest BCUT2D eigenvalue weighted by Crippen LogP contribution is -2.30. The maximum atomic E-state index is 12.3. The lowest BCUT2D eigenvalue weighted by atomic mass is 10.1. The normalized spacial score (nSPS) is 11.7. The Morgan fingerprint density at radius 2 is 1.88 bits per heavy atom. The predicted octanol–water partition coefficient (Wildman–Crippen LogP) is 5.41. The van der Waals surface area contributed by atoms with Gasteiger partial charge in [0.05, 0.1) is 12.0 Å². The number of thioether (sulfide) groups is 1. The van der Waals surface area contributed by atoms with Crippen LogP contribution in [0.15, 0.2) is 34.7 Å².